The lowest BCUT2D eigenvalue weighted by Gasteiger charge is -2.15. The number of hydrogen-bond acceptors (Lipinski definition) is 2. The van der Waals surface area contributed by atoms with E-state index in [4.69, 9.17) is 0 Å². The van der Waals surface area contributed by atoms with E-state index in [2.05, 4.69) is 10.3 Å². The van der Waals surface area contributed by atoms with Crippen molar-refractivity contribution in [1.82, 2.24) is 10.3 Å². The lowest BCUT2D eigenvalue weighted by Crippen LogP contribution is -2.30. The Morgan fingerprint density at radius 2 is 1.62 bits per heavy atom. The molecular weight excluding hydrogens is 364 g/mol. The van der Waals surface area contributed by atoms with Crippen LogP contribution in [0.3, 0.4) is 0 Å². The van der Waals surface area contributed by atoms with E-state index in [1.54, 1.807) is 24.5 Å². The highest BCUT2D eigenvalue weighted by atomic mass is 19.4. The van der Waals surface area contributed by atoms with Crippen molar-refractivity contribution >= 4 is 11.7 Å². The topological polar surface area (TPSA) is 54.0 Å². The van der Waals surface area contributed by atoms with E-state index < -0.39 is 35.2 Å². The second kappa shape index (κ2) is 7.63. The molecule has 0 saturated heterocycles. The zero-order chi connectivity index (χ0) is 19.4. The van der Waals surface area contributed by atoms with E-state index in [0.717, 1.165) is 5.56 Å². The Hall–Kier alpha value is -2.78. The van der Waals surface area contributed by atoms with Gasteiger partial charge in [0.15, 0.2) is 0 Å². The van der Waals surface area contributed by atoms with Crippen LogP contribution in [0.4, 0.5) is 36.8 Å². The summed E-state index contributed by atoms with van der Waals surface area (Å²) in [7, 11) is 0. The van der Waals surface area contributed by atoms with Gasteiger partial charge in [-0.1, -0.05) is 6.07 Å². The second-order valence-electron chi connectivity index (χ2n) is 5.29. The Labute approximate surface area is 144 Å². The van der Waals surface area contributed by atoms with Crippen molar-refractivity contribution in [2.45, 2.75) is 18.8 Å². The maximum Gasteiger partial charge on any atom is 0.416 e. The quantitative estimate of drug-likeness (QED) is 0.772. The third kappa shape index (κ3) is 5.64. The van der Waals surface area contributed by atoms with Crippen molar-refractivity contribution in [1.29, 1.82) is 0 Å². The van der Waals surface area contributed by atoms with E-state index in [0.29, 0.717) is 18.6 Å². The summed E-state index contributed by atoms with van der Waals surface area (Å²) >= 11 is 0. The summed E-state index contributed by atoms with van der Waals surface area (Å²) < 4.78 is 76.6. The molecule has 26 heavy (non-hydrogen) atoms. The summed E-state index contributed by atoms with van der Waals surface area (Å²) in [6.45, 7) is 0.128. The highest BCUT2D eigenvalue weighted by molar-refractivity contribution is 5.89. The van der Waals surface area contributed by atoms with E-state index in [1.807, 2.05) is 5.32 Å². The van der Waals surface area contributed by atoms with Crippen molar-refractivity contribution in [2.75, 3.05) is 11.9 Å². The van der Waals surface area contributed by atoms with Crippen LogP contribution in [-0.4, -0.2) is 17.6 Å². The molecule has 2 aromatic rings. The van der Waals surface area contributed by atoms with Crippen LogP contribution in [0, 0.1) is 0 Å². The predicted octanol–water partition coefficient (Wildman–Crippen LogP) is 4.48. The molecule has 0 unspecified atom stereocenters. The van der Waals surface area contributed by atoms with Gasteiger partial charge in [-0.15, -0.1) is 0 Å². The van der Waals surface area contributed by atoms with Gasteiger partial charge in [0.25, 0.3) is 0 Å². The molecule has 140 valence electrons. The highest BCUT2D eigenvalue weighted by Gasteiger charge is 2.37. The van der Waals surface area contributed by atoms with Crippen molar-refractivity contribution in [3.05, 3.63) is 59.4 Å². The molecule has 1 aromatic carbocycles. The van der Waals surface area contributed by atoms with Gasteiger partial charge in [0, 0.05) is 24.6 Å². The van der Waals surface area contributed by atoms with E-state index in [9.17, 15) is 31.1 Å². The van der Waals surface area contributed by atoms with Gasteiger partial charge in [0.05, 0.1) is 11.1 Å². The van der Waals surface area contributed by atoms with Crippen molar-refractivity contribution in [2.24, 2.45) is 0 Å². The Morgan fingerprint density at radius 1 is 1.00 bits per heavy atom. The number of anilines is 1. The average Bonchev–Trinajstić information content (AvgIpc) is 2.54. The molecule has 0 saturated carbocycles. The molecule has 0 aliphatic heterocycles. The predicted molar refractivity (Wildman–Crippen MR) is 81.4 cm³/mol. The minimum absolute atomic E-state index is 0.00844. The standard InChI is InChI=1S/C16H13F6N3O/c17-15(18,19)11-6-12(16(20,21)22)8-13(7-11)25-14(26)24-5-3-10-2-1-4-23-9-10/h1-2,4,6-9H,3,5H2,(H2,24,25,26). The molecule has 1 aromatic heterocycles. The maximum absolute atomic E-state index is 12.8. The van der Waals surface area contributed by atoms with Crippen LogP contribution in [0.15, 0.2) is 42.7 Å². The van der Waals surface area contributed by atoms with Crippen molar-refractivity contribution < 1.29 is 31.1 Å². The van der Waals surface area contributed by atoms with E-state index >= 15 is 0 Å². The number of alkyl halides is 6. The number of rotatable bonds is 4. The summed E-state index contributed by atoms with van der Waals surface area (Å²) in [5.41, 5.74) is -2.80. The molecule has 10 heteroatoms. The number of halogens is 6. The summed E-state index contributed by atoms with van der Waals surface area (Å²) in [5, 5.41) is 4.34. The zero-order valence-electron chi connectivity index (χ0n) is 13.1. The van der Waals surface area contributed by atoms with Crippen LogP contribution in [0.2, 0.25) is 0 Å². The molecule has 0 aliphatic carbocycles. The number of pyridine rings is 1. The van der Waals surface area contributed by atoms with Crippen LogP contribution in [0.5, 0.6) is 0 Å². The third-order valence-corrected chi connectivity index (χ3v) is 3.27. The first-order valence-corrected chi connectivity index (χ1v) is 7.29. The van der Waals surface area contributed by atoms with E-state index in [1.165, 1.54) is 0 Å². The summed E-state index contributed by atoms with van der Waals surface area (Å²) in [6.07, 6.45) is -6.42. The average molecular weight is 377 g/mol. The minimum atomic E-state index is -4.98. The first kappa shape index (κ1) is 19.5. The molecular formula is C16H13F6N3O. The molecule has 2 N–H and O–H groups in total. The molecule has 4 nitrogen and oxygen atoms in total. The Morgan fingerprint density at radius 3 is 2.12 bits per heavy atom. The van der Waals surface area contributed by atoms with Crippen LogP contribution in [0.25, 0.3) is 0 Å². The fourth-order valence-corrected chi connectivity index (χ4v) is 2.07. The summed E-state index contributed by atoms with van der Waals surface area (Å²) in [5.74, 6) is 0. The van der Waals surface area contributed by atoms with Crippen molar-refractivity contribution in [3.8, 4) is 0 Å². The fourth-order valence-electron chi connectivity index (χ4n) is 2.07. The largest absolute Gasteiger partial charge is 0.416 e. The Bertz CT molecular complexity index is 727. The molecule has 0 bridgehead atoms. The van der Waals surface area contributed by atoms with Gasteiger partial charge in [-0.05, 0) is 36.2 Å². The Kier molecular flexibility index (Phi) is 5.73. The molecule has 0 radical (unpaired) electrons. The van der Waals surface area contributed by atoms with Gasteiger partial charge in [-0.2, -0.15) is 26.3 Å². The number of nitrogens with one attached hydrogen (secondary N) is 2. The van der Waals surface area contributed by atoms with Crippen molar-refractivity contribution in [3.63, 3.8) is 0 Å². The molecule has 1 heterocycles. The van der Waals surface area contributed by atoms with E-state index in [-0.39, 0.29) is 12.6 Å². The van der Waals surface area contributed by atoms with Gasteiger partial charge >= 0.3 is 18.4 Å². The first-order valence-electron chi connectivity index (χ1n) is 7.29. The number of amides is 2. The molecule has 2 amide bonds. The van der Waals surface area contributed by atoms with Crippen LogP contribution in [-0.2, 0) is 18.8 Å². The SMILES string of the molecule is O=C(NCCc1cccnc1)Nc1cc(C(F)(F)F)cc(C(F)(F)F)c1. The fraction of sp³-hybridized carbons (Fsp3) is 0.250. The third-order valence-electron chi connectivity index (χ3n) is 3.27. The van der Waals surface area contributed by atoms with Gasteiger partial charge in [0.1, 0.15) is 0 Å². The summed E-state index contributed by atoms with van der Waals surface area (Å²) in [6, 6.07) is 3.41. The maximum atomic E-state index is 12.8. The Balaban J connectivity index is 2.06. The van der Waals surface area contributed by atoms with Gasteiger partial charge in [0.2, 0.25) is 0 Å². The summed E-state index contributed by atoms with van der Waals surface area (Å²) in [4.78, 5) is 15.6. The number of carbonyl (C=O) groups is 1. The highest BCUT2D eigenvalue weighted by Crippen LogP contribution is 2.37. The molecule has 2 rings (SSSR count). The lowest BCUT2D eigenvalue weighted by atomic mass is 10.1. The zero-order valence-corrected chi connectivity index (χ0v) is 13.1. The smallest absolute Gasteiger partial charge is 0.338 e. The lowest BCUT2D eigenvalue weighted by molar-refractivity contribution is -0.143. The number of carbonyl (C=O) groups excluding carboxylic acids is 1. The molecule has 0 fully saturated rings. The van der Waals surface area contributed by atoms with Gasteiger partial charge < -0.3 is 10.6 Å². The molecule has 0 atom stereocenters. The first-order chi connectivity index (χ1) is 12.1. The van der Waals surface area contributed by atoms with Crippen LogP contribution in [0.1, 0.15) is 16.7 Å². The van der Waals surface area contributed by atoms with Crippen LogP contribution < -0.4 is 10.6 Å². The monoisotopic (exact) mass is 377 g/mol. The number of nitrogens with zero attached hydrogens (tertiary/aromatic N) is 1. The number of hydrogen-bond donors (Lipinski definition) is 2. The minimum Gasteiger partial charge on any atom is -0.338 e. The number of aromatic nitrogens is 1. The van der Waals surface area contributed by atoms with Crippen LogP contribution >= 0.6 is 0 Å². The van der Waals surface area contributed by atoms with Gasteiger partial charge in [-0.25, -0.2) is 4.79 Å². The molecule has 0 aliphatic rings. The molecule has 0 spiro atoms. The number of benzene rings is 1. The van der Waals surface area contributed by atoms with Gasteiger partial charge in [-0.3, -0.25) is 4.98 Å². The normalized spacial score (nSPS) is 11.9. The number of urea groups is 1. The second-order valence-corrected chi connectivity index (χ2v) is 5.29.